The van der Waals surface area contributed by atoms with Gasteiger partial charge in [0.05, 0.1) is 16.4 Å². The number of halogens is 1. The zero-order chi connectivity index (χ0) is 23.7. The molecular formula is C24H22ClNO7. The molecule has 9 heteroatoms. The summed E-state index contributed by atoms with van der Waals surface area (Å²) in [6.07, 6.45) is 1.85. The van der Waals surface area contributed by atoms with Gasteiger partial charge in [0.15, 0.2) is 0 Å². The second-order valence-corrected chi connectivity index (χ2v) is 8.62. The highest BCUT2D eigenvalue weighted by atomic mass is 35.5. The maximum Gasteiger partial charge on any atom is 0.338 e. The van der Waals surface area contributed by atoms with Gasteiger partial charge in [0.2, 0.25) is 11.5 Å². The molecule has 2 aromatic rings. The average molecular weight is 472 g/mol. The van der Waals surface area contributed by atoms with Gasteiger partial charge in [-0.3, -0.25) is 14.9 Å². The zero-order valence-electron chi connectivity index (χ0n) is 18.1. The van der Waals surface area contributed by atoms with E-state index in [-0.39, 0.29) is 28.7 Å². The van der Waals surface area contributed by atoms with E-state index in [1.165, 1.54) is 30.5 Å². The molecule has 2 aliphatic rings. The molecule has 2 aromatic carbocycles. The number of esters is 1. The third-order valence-electron chi connectivity index (χ3n) is 5.90. The molecule has 0 aromatic heterocycles. The standard InChI is InChI=1S/C24H22ClNO7/c1-13-9-18(10-14(2)22(13)25)32-21-12-31-20-11-17(7-8-19(20)23(21)27)33-24(28)15-3-5-16(6-4-15)26(29)30/h3-6,9-10,12,17,19-20H,7-8,11H2,1-2H3. The molecular weight excluding hydrogens is 450 g/mol. The number of benzene rings is 2. The fourth-order valence-electron chi connectivity index (χ4n) is 4.14. The lowest BCUT2D eigenvalue weighted by atomic mass is 9.80. The Bertz CT molecular complexity index is 1120. The molecule has 0 bridgehead atoms. The molecule has 1 fully saturated rings. The number of Topliss-reactive ketones (excluding diaryl/α,β-unsaturated/α-hetero) is 1. The Morgan fingerprint density at radius 1 is 1.15 bits per heavy atom. The van der Waals surface area contributed by atoms with Crippen molar-refractivity contribution in [3.63, 3.8) is 0 Å². The fraction of sp³-hybridized carbons (Fsp3) is 0.333. The summed E-state index contributed by atoms with van der Waals surface area (Å²) in [7, 11) is 0. The zero-order valence-corrected chi connectivity index (χ0v) is 18.8. The Morgan fingerprint density at radius 2 is 1.82 bits per heavy atom. The lowest BCUT2D eigenvalue weighted by Crippen LogP contribution is -2.43. The first kappa shape index (κ1) is 22.8. The molecule has 0 amide bonds. The van der Waals surface area contributed by atoms with Crippen LogP contribution in [0.25, 0.3) is 0 Å². The number of fused-ring (bicyclic) bond motifs is 1. The average Bonchev–Trinajstić information content (AvgIpc) is 2.79. The van der Waals surface area contributed by atoms with Crippen LogP contribution in [-0.2, 0) is 14.3 Å². The summed E-state index contributed by atoms with van der Waals surface area (Å²) < 4.78 is 17.1. The van der Waals surface area contributed by atoms with Crippen LogP contribution in [0.2, 0.25) is 5.02 Å². The predicted octanol–water partition coefficient (Wildman–Crippen LogP) is 5.08. The van der Waals surface area contributed by atoms with Crippen molar-refractivity contribution < 1.29 is 28.7 Å². The van der Waals surface area contributed by atoms with Crippen LogP contribution in [0, 0.1) is 29.9 Å². The number of hydrogen-bond donors (Lipinski definition) is 0. The van der Waals surface area contributed by atoms with E-state index in [9.17, 15) is 19.7 Å². The maximum atomic E-state index is 13.0. The molecule has 8 nitrogen and oxygen atoms in total. The van der Waals surface area contributed by atoms with E-state index >= 15 is 0 Å². The van der Waals surface area contributed by atoms with Gasteiger partial charge in [-0.25, -0.2) is 4.79 Å². The van der Waals surface area contributed by atoms with Gasteiger partial charge in [0.25, 0.3) is 5.69 Å². The quantitative estimate of drug-likeness (QED) is 0.340. The Balaban J connectivity index is 1.38. The van der Waals surface area contributed by atoms with Crippen molar-refractivity contribution in [3.8, 4) is 5.75 Å². The maximum absolute atomic E-state index is 13.0. The summed E-state index contributed by atoms with van der Waals surface area (Å²) >= 11 is 6.20. The van der Waals surface area contributed by atoms with Gasteiger partial charge in [-0.15, -0.1) is 0 Å². The number of nitro benzene ring substituents is 1. The van der Waals surface area contributed by atoms with E-state index in [1.54, 1.807) is 12.1 Å². The minimum atomic E-state index is -0.566. The summed E-state index contributed by atoms with van der Waals surface area (Å²) in [6.45, 7) is 3.73. The van der Waals surface area contributed by atoms with Crippen molar-refractivity contribution >= 4 is 29.0 Å². The third-order valence-corrected chi connectivity index (χ3v) is 6.49. The first-order valence-corrected chi connectivity index (χ1v) is 10.9. The van der Waals surface area contributed by atoms with E-state index in [0.717, 1.165) is 11.1 Å². The molecule has 0 saturated heterocycles. The van der Waals surface area contributed by atoms with Crippen LogP contribution in [0.4, 0.5) is 5.69 Å². The SMILES string of the molecule is Cc1cc(OC2=COC3CC(OC(=O)c4ccc([N+](=O)[O-])cc4)CCC3C2=O)cc(C)c1Cl. The number of nitrogens with zero attached hydrogens (tertiary/aromatic N) is 1. The topological polar surface area (TPSA) is 105 Å². The summed E-state index contributed by atoms with van der Waals surface area (Å²) in [5, 5.41) is 11.4. The van der Waals surface area contributed by atoms with Crippen molar-refractivity contribution in [1.82, 2.24) is 0 Å². The molecule has 172 valence electrons. The molecule has 1 aliphatic heterocycles. The lowest BCUT2D eigenvalue weighted by Gasteiger charge is -2.36. The predicted molar refractivity (Wildman–Crippen MR) is 119 cm³/mol. The smallest absolute Gasteiger partial charge is 0.338 e. The molecule has 33 heavy (non-hydrogen) atoms. The van der Waals surface area contributed by atoms with E-state index in [4.69, 9.17) is 25.8 Å². The highest BCUT2D eigenvalue weighted by molar-refractivity contribution is 6.32. The Hall–Kier alpha value is -3.39. The van der Waals surface area contributed by atoms with Crippen molar-refractivity contribution in [3.05, 3.63) is 80.2 Å². The van der Waals surface area contributed by atoms with E-state index < -0.39 is 23.1 Å². The van der Waals surface area contributed by atoms with Crippen molar-refractivity contribution in [2.24, 2.45) is 5.92 Å². The number of ketones is 1. The summed E-state index contributed by atoms with van der Waals surface area (Å²) in [5.41, 5.74) is 1.83. The summed E-state index contributed by atoms with van der Waals surface area (Å²) in [5.74, 6) is -0.436. The Labute approximate surface area is 195 Å². The van der Waals surface area contributed by atoms with Crippen LogP contribution in [0.5, 0.6) is 5.75 Å². The number of carbonyl (C=O) groups is 2. The van der Waals surface area contributed by atoms with Gasteiger partial charge in [-0.05, 0) is 62.1 Å². The fourth-order valence-corrected chi connectivity index (χ4v) is 4.25. The van der Waals surface area contributed by atoms with E-state index in [0.29, 0.717) is 30.0 Å². The summed E-state index contributed by atoms with van der Waals surface area (Å²) in [4.78, 5) is 35.6. The van der Waals surface area contributed by atoms with Crippen LogP contribution < -0.4 is 4.74 Å². The lowest BCUT2D eigenvalue weighted by molar-refractivity contribution is -0.384. The van der Waals surface area contributed by atoms with E-state index in [1.807, 2.05) is 13.8 Å². The molecule has 1 aliphatic carbocycles. The number of nitro groups is 1. The Morgan fingerprint density at radius 3 is 2.45 bits per heavy atom. The van der Waals surface area contributed by atoms with Crippen LogP contribution in [0.15, 0.2) is 48.4 Å². The monoisotopic (exact) mass is 471 g/mol. The third kappa shape index (κ3) is 4.85. The number of allylic oxidation sites excluding steroid dienone is 1. The second-order valence-electron chi connectivity index (χ2n) is 8.24. The normalized spacial score (nSPS) is 22.0. The van der Waals surface area contributed by atoms with Crippen molar-refractivity contribution in [1.29, 1.82) is 0 Å². The molecule has 0 radical (unpaired) electrons. The number of hydrogen-bond acceptors (Lipinski definition) is 7. The molecule has 1 saturated carbocycles. The number of non-ortho nitro benzene ring substituents is 1. The van der Waals surface area contributed by atoms with Crippen LogP contribution in [-0.4, -0.2) is 28.9 Å². The molecule has 1 heterocycles. The van der Waals surface area contributed by atoms with Gasteiger partial charge >= 0.3 is 5.97 Å². The minimum Gasteiger partial charge on any atom is -0.493 e. The highest BCUT2D eigenvalue weighted by Crippen LogP contribution is 2.36. The van der Waals surface area contributed by atoms with Crippen molar-refractivity contribution in [2.45, 2.75) is 45.3 Å². The minimum absolute atomic E-state index is 0.102. The molecule has 0 spiro atoms. The first-order chi connectivity index (χ1) is 15.7. The number of ether oxygens (including phenoxy) is 3. The molecule has 0 N–H and O–H groups in total. The molecule has 4 rings (SSSR count). The number of carbonyl (C=O) groups excluding carboxylic acids is 2. The highest BCUT2D eigenvalue weighted by Gasteiger charge is 2.42. The van der Waals surface area contributed by atoms with Crippen molar-refractivity contribution in [2.75, 3.05) is 0 Å². The van der Waals surface area contributed by atoms with Crippen LogP contribution in [0.3, 0.4) is 0 Å². The van der Waals surface area contributed by atoms with Gasteiger partial charge in [0, 0.05) is 23.6 Å². The number of aryl methyl sites for hydroxylation is 2. The Kier molecular flexibility index (Phi) is 6.37. The van der Waals surface area contributed by atoms with Gasteiger partial charge in [0.1, 0.15) is 24.2 Å². The van der Waals surface area contributed by atoms with E-state index in [2.05, 4.69) is 0 Å². The first-order valence-electron chi connectivity index (χ1n) is 10.5. The number of rotatable bonds is 5. The summed E-state index contributed by atoms with van der Waals surface area (Å²) in [6, 6.07) is 8.77. The molecule has 3 unspecified atom stereocenters. The second kappa shape index (κ2) is 9.23. The largest absolute Gasteiger partial charge is 0.493 e. The van der Waals surface area contributed by atoms with Crippen LogP contribution >= 0.6 is 11.6 Å². The van der Waals surface area contributed by atoms with Gasteiger partial charge in [-0.2, -0.15) is 0 Å². The van der Waals surface area contributed by atoms with Crippen LogP contribution in [0.1, 0.15) is 40.7 Å². The van der Waals surface area contributed by atoms with Gasteiger partial charge in [-0.1, -0.05) is 11.6 Å². The molecule has 3 atom stereocenters. The van der Waals surface area contributed by atoms with Gasteiger partial charge < -0.3 is 14.2 Å².